The molecule has 0 spiro atoms. The highest BCUT2D eigenvalue weighted by atomic mass is 19.1. The van der Waals surface area contributed by atoms with Gasteiger partial charge < -0.3 is 20.7 Å². The third-order valence-corrected chi connectivity index (χ3v) is 3.79. The first kappa shape index (κ1) is 22.4. The molecule has 1 saturated heterocycles. The third-order valence-electron chi connectivity index (χ3n) is 3.79. The Morgan fingerprint density at radius 2 is 1.85 bits per heavy atom. The van der Waals surface area contributed by atoms with Crippen molar-refractivity contribution in [3.63, 3.8) is 0 Å². The first-order chi connectivity index (χ1) is 12.7. The molecule has 3 amide bonds. The minimum Gasteiger partial charge on any atom is -0.444 e. The second-order valence-corrected chi connectivity index (χ2v) is 7.16. The van der Waals surface area contributed by atoms with Gasteiger partial charge in [0.25, 0.3) is 0 Å². The van der Waals surface area contributed by atoms with Crippen LogP contribution in [-0.2, 0) is 20.7 Å². The van der Waals surface area contributed by atoms with Crippen LogP contribution < -0.4 is 11.1 Å². The van der Waals surface area contributed by atoms with Gasteiger partial charge in [-0.05, 0) is 45.2 Å². The number of halogens is 1. The summed E-state index contributed by atoms with van der Waals surface area (Å²) in [7, 11) is 0. The van der Waals surface area contributed by atoms with Gasteiger partial charge in [0.15, 0.2) is 0 Å². The molecule has 0 saturated carbocycles. The van der Waals surface area contributed by atoms with Crippen LogP contribution in [0.2, 0.25) is 0 Å². The number of carbonyl (C=O) groups is 3. The summed E-state index contributed by atoms with van der Waals surface area (Å²) >= 11 is 0. The van der Waals surface area contributed by atoms with Crippen molar-refractivity contribution in [1.82, 2.24) is 10.2 Å². The van der Waals surface area contributed by atoms with Gasteiger partial charge in [0.1, 0.15) is 17.5 Å². The smallest absolute Gasteiger partial charge is 0.408 e. The van der Waals surface area contributed by atoms with Crippen LogP contribution in [0.3, 0.4) is 0 Å². The molecule has 1 fully saturated rings. The Bertz CT molecular complexity index is 640. The molecule has 27 heavy (non-hydrogen) atoms. The number of primary amides is 1. The quantitative estimate of drug-likeness (QED) is 0.779. The van der Waals surface area contributed by atoms with E-state index in [1.165, 1.54) is 6.07 Å². The summed E-state index contributed by atoms with van der Waals surface area (Å²) in [6.45, 7) is 6.59. The number of hydrogen-bond acceptors (Lipinski definition) is 4. The number of likely N-dealkylation sites (tertiary alicyclic amines) is 1. The number of carbonyl (C=O) groups excluding carboxylic acids is 3. The molecular weight excluding hydrogens is 353 g/mol. The van der Waals surface area contributed by atoms with Crippen molar-refractivity contribution < 1.29 is 23.5 Å². The van der Waals surface area contributed by atoms with Gasteiger partial charge in [0.2, 0.25) is 12.3 Å². The van der Waals surface area contributed by atoms with E-state index in [9.17, 15) is 14.0 Å². The summed E-state index contributed by atoms with van der Waals surface area (Å²) in [5.74, 6) is -0.579. The highest BCUT2D eigenvalue weighted by Gasteiger charge is 2.30. The molecule has 3 N–H and O–H groups in total. The Labute approximate surface area is 159 Å². The van der Waals surface area contributed by atoms with Crippen molar-refractivity contribution >= 4 is 18.4 Å². The number of nitrogens with zero attached hydrogens (tertiary/aromatic N) is 1. The number of benzene rings is 1. The van der Waals surface area contributed by atoms with Crippen molar-refractivity contribution in [3.05, 3.63) is 35.6 Å². The zero-order valence-electron chi connectivity index (χ0n) is 16.0. The fraction of sp³-hybridized carbons (Fsp3) is 0.526. The standard InChI is InChI=1S/C18H25FN2O3.CH3NO/c1-18(2,3)24-17(23)20-15(16(22)21-10-6-7-11-21)12-13-8-4-5-9-14(13)19;2-1-3/h4-5,8-9,15H,6-7,10-12H2,1-3H3,(H,20,23);1H,(H2,2,3). The Balaban J connectivity index is 0.00000114. The molecule has 150 valence electrons. The number of ether oxygens (including phenoxy) is 1. The molecule has 0 aliphatic carbocycles. The lowest BCUT2D eigenvalue weighted by Crippen LogP contribution is -2.50. The van der Waals surface area contributed by atoms with Crippen LogP contribution in [0, 0.1) is 5.82 Å². The average Bonchev–Trinajstić information content (AvgIpc) is 3.09. The zero-order chi connectivity index (χ0) is 20.4. The van der Waals surface area contributed by atoms with Gasteiger partial charge in [-0.3, -0.25) is 9.59 Å². The second-order valence-electron chi connectivity index (χ2n) is 7.16. The molecule has 0 bridgehead atoms. The van der Waals surface area contributed by atoms with E-state index in [0.29, 0.717) is 18.7 Å². The van der Waals surface area contributed by atoms with Gasteiger partial charge in [0, 0.05) is 19.5 Å². The minimum absolute atomic E-state index is 0.0985. The van der Waals surface area contributed by atoms with Crippen LogP contribution in [0.4, 0.5) is 9.18 Å². The molecular formula is C19H28FN3O4. The lowest BCUT2D eigenvalue weighted by molar-refractivity contribution is -0.132. The number of alkyl carbamates (subject to hydrolysis) is 1. The van der Waals surface area contributed by atoms with Crippen molar-refractivity contribution in [1.29, 1.82) is 0 Å². The van der Waals surface area contributed by atoms with Gasteiger partial charge in [0.05, 0.1) is 0 Å². The summed E-state index contributed by atoms with van der Waals surface area (Å²) < 4.78 is 19.2. The summed E-state index contributed by atoms with van der Waals surface area (Å²) in [6, 6.07) is 5.44. The van der Waals surface area contributed by atoms with E-state index in [-0.39, 0.29) is 24.6 Å². The van der Waals surface area contributed by atoms with Crippen LogP contribution in [0.15, 0.2) is 24.3 Å². The molecule has 1 aliphatic heterocycles. The first-order valence-corrected chi connectivity index (χ1v) is 8.85. The van der Waals surface area contributed by atoms with Crippen LogP contribution in [0.1, 0.15) is 39.2 Å². The predicted molar refractivity (Wildman–Crippen MR) is 99.3 cm³/mol. The van der Waals surface area contributed by atoms with Crippen LogP contribution in [0.5, 0.6) is 0 Å². The predicted octanol–water partition coefficient (Wildman–Crippen LogP) is 1.99. The maximum absolute atomic E-state index is 13.9. The molecule has 1 aromatic carbocycles. The number of nitrogens with one attached hydrogen (secondary N) is 1. The monoisotopic (exact) mass is 381 g/mol. The Hall–Kier alpha value is -2.64. The molecule has 1 aliphatic rings. The number of nitrogens with two attached hydrogens (primary N) is 1. The number of hydrogen-bond donors (Lipinski definition) is 2. The third kappa shape index (κ3) is 8.06. The highest BCUT2D eigenvalue weighted by molar-refractivity contribution is 5.86. The van der Waals surface area contributed by atoms with Gasteiger partial charge >= 0.3 is 6.09 Å². The van der Waals surface area contributed by atoms with Crippen LogP contribution >= 0.6 is 0 Å². The normalized spacial score (nSPS) is 14.6. The number of amides is 3. The number of rotatable bonds is 4. The molecule has 7 nitrogen and oxygen atoms in total. The topological polar surface area (TPSA) is 102 Å². The molecule has 1 aromatic rings. The maximum Gasteiger partial charge on any atom is 0.408 e. The van der Waals surface area contributed by atoms with Crippen LogP contribution in [0.25, 0.3) is 0 Å². The highest BCUT2D eigenvalue weighted by Crippen LogP contribution is 2.15. The Kier molecular flexibility index (Phi) is 8.71. The average molecular weight is 381 g/mol. The van der Waals surface area contributed by atoms with Crippen molar-refractivity contribution in [2.75, 3.05) is 13.1 Å². The maximum atomic E-state index is 13.9. The van der Waals surface area contributed by atoms with E-state index in [1.54, 1.807) is 43.9 Å². The van der Waals surface area contributed by atoms with Crippen molar-refractivity contribution in [3.8, 4) is 0 Å². The molecule has 0 aromatic heterocycles. The van der Waals surface area contributed by atoms with E-state index in [2.05, 4.69) is 11.1 Å². The molecule has 1 atom stereocenters. The SMILES string of the molecule is CC(C)(C)OC(=O)NC(Cc1ccccc1F)C(=O)N1CCCC1.NC=O. The first-order valence-electron chi connectivity index (χ1n) is 8.85. The minimum atomic E-state index is -0.838. The van der Waals surface area contributed by atoms with Gasteiger partial charge in [-0.2, -0.15) is 0 Å². The summed E-state index contributed by atoms with van der Waals surface area (Å²) in [5, 5.41) is 2.61. The van der Waals surface area contributed by atoms with Gasteiger partial charge in [-0.1, -0.05) is 18.2 Å². The Morgan fingerprint density at radius 1 is 1.30 bits per heavy atom. The van der Waals surface area contributed by atoms with Crippen molar-refractivity contribution in [2.24, 2.45) is 5.73 Å². The summed E-state index contributed by atoms with van der Waals surface area (Å²) in [6.07, 6.45) is 1.58. The fourth-order valence-corrected chi connectivity index (χ4v) is 2.69. The van der Waals surface area contributed by atoms with E-state index in [1.807, 2.05) is 0 Å². The van der Waals surface area contributed by atoms with Crippen LogP contribution in [-0.4, -0.2) is 48.0 Å². The summed E-state index contributed by atoms with van der Waals surface area (Å²) in [4.78, 5) is 35.1. The van der Waals surface area contributed by atoms with E-state index < -0.39 is 17.7 Å². The van der Waals surface area contributed by atoms with Crippen molar-refractivity contribution in [2.45, 2.75) is 51.7 Å². The fourth-order valence-electron chi connectivity index (χ4n) is 2.69. The lowest BCUT2D eigenvalue weighted by Gasteiger charge is -2.26. The van der Waals surface area contributed by atoms with Gasteiger partial charge in [-0.25, -0.2) is 9.18 Å². The van der Waals surface area contributed by atoms with E-state index in [4.69, 9.17) is 9.53 Å². The Morgan fingerprint density at radius 3 is 2.37 bits per heavy atom. The largest absolute Gasteiger partial charge is 0.444 e. The van der Waals surface area contributed by atoms with Gasteiger partial charge in [-0.15, -0.1) is 0 Å². The second kappa shape index (κ2) is 10.5. The molecule has 1 unspecified atom stereocenters. The molecule has 1 heterocycles. The van der Waals surface area contributed by atoms with E-state index in [0.717, 1.165) is 12.8 Å². The molecule has 8 heteroatoms. The molecule has 0 radical (unpaired) electrons. The zero-order valence-corrected chi connectivity index (χ0v) is 16.0. The lowest BCUT2D eigenvalue weighted by atomic mass is 10.0. The molecule has 2 rings (SSSR count). The summed E-state index contributed by atoms with van der Waals surface area (Å²) in [5.41, 5.74) is 3.90. The van der Waals surface area contributed by atoms with E-state index >= 15 is 0 Å².